The highest BCUT2D eigenvalue weighted by Crippen LogP contribution is 2.36. The maximum Gasteiger partial charge on any atom is 0.295 e. The predicted octanol–water partition coefficient (Wildman–Crippen LogP) is 4.06. The summed E-state index contributed by atoms with van der Waals surface area (Å²) in [5.41, 5.74) is 1.21. The van der Waals surface area contributed by atoms with Crippen LogP contribution in [-0.4, -0.2) is 55.0 Å². The average Bonchev–Trinajstić information content (AvgIpc) is 3.28. The number of amides is 1. The molecule has 7 nitrogen and oxygen atoms in total. The Kier molecular flexibility index (Phi) is 5.90. The Morgan fingerprint density at radius 3 is 2.13 bits per heavy atom. The van der Waals surface area contributed by atoms with Crippen molar-refractivity contribution in [1.82, 2.24) is 4.90 Å². The Morgan fingerprint density at radius 1 is 0.933 bits per heavy atom. The number of rotatable bonds is 4. The molecule has 4 rings (SSSR count). The van der Waals surface area contributed by atoms with E-state index in [4.69, 9.17) is 0 Å². The fourth-order valence-corrected chi connectivity index (χ4v) is 4.33. The zero-order valence-electron chi connectivity index (χ0n) is 16.4. The molecule has 0 bridgehead atoms. The quantitative estimate of drug-likeness (QED) is 0.491. The molecule has 0 aliphatic carbocycles. The largest absolute Gasteiger partial charge is 0.369 e. The third kappa shape index (κ3) is 4.12. The molecule has 2 aromatic carbocycles. The summed E-state index contributed by atoms with van der Waals surface area (Å²) >= 11 is 3.36. The van der Waals surface area contributed by atoms with Crippen molar-refractivity contribution in [3.8, 4) is 0 Å². The summed E-state index contributed by atoms with van der Waals surface area (Å²) in [6, 6.07) is 9.82. The molecular weight excluding hydrogens is 455 g/mol. The molecule has 9 heteroatoms. The summed E-state index contributed by atoms with van der Waals surface area (Å²) in [6.45, 7) is 3.31. The Labute approximate surface area is 182 Å². The number of anilines is 2. The fourth-order valence-electron chi connectivity index (χ4n) is 4.07. The lowest BCUT2D eigenvalue weighted by atomic mass is 10.1. The van der Waals surface area contributed by atoms with Crippen LogP contribution in [0.2, 0.25) is 0 Å². The number of nitrogens with zero attached hydrogens (tertiary/aromatic N) is 4. The van der Waals surface area contributed by atoms with Crippen LogP contribution in [-0.2, 0) is 0 Å². The molecule has 0 radical (unpaired) electrons. The van der Waals surface area contributed by atoms with Crippen LogP contribution in [0.25, 0.3) is 0 Å². The van der Waals surface area contributed by atoms with Gasteiger partial charge in [0.05, 0.1) is 16.7 Å². The van der Waals surface area contributed by atoms with Gasteiger partial charge < -0.3 is 14.7 Å². The molecule has 2 heterocycles. The number of benzene rings is 2. The summed E-state index contributed by atoms with van der Waals surface area (Å²) in [5, 5.41) is 11.6. The van der Waals surface area contributed by atoms with Gasteiger partial charge in [-0.25, -0.2) is 4.39 Å². The summed E-state index contributed by atoms with van der Waals surface area (Å²) in [7, 11) is 0. The monoisotopic (exact) mass is 476 g/mol. The first-order valence-electron chi connectivity index (χ1n) is 9.97. The lowest BCUT2D eigenvalue weighted by Gasteiger charge is -2.36. The first-order chi connectivity index (χ1) is 14.4. The number of halogens is 2. The predicted molar refractivity (Wildman–Crippen MR) is 117 cm³/mol. The van der Waals surface area contributed by atoms with Gasteiger partial charge in [0, 0.05) is 49.3 Å². The molecule has 0 unspecified atom stereocenters. The van der Waals surface area contributed by atoms with Crippen LogP contribution in [0, 0.1) is 15.9 Å². The number of hydrogen-bond donors (Lipinski definition) is 0. The SMILES string of the molecule is O=C(c1ccc(Br)cc1)N1CCN(c2cc(N3CCCC3)c(F)cc2[N+](=O)[O-])CC1. The smallest absolute Gasteiger partial charge is 0.295 e. The third-order valence-electron chi connectivity index (χ3n) is 5.69. The molecule has 2 saturated heterocycles. The Hall–Kier alpha value is -2.68. The molecule has 0 atom stereocenters. The fraction of sp³-hybridized carbons (Fsp3) is 0.381. The summed E-state index contributed by atoms with van der Waals surface area (Å²) in [5.74, 6) is -0.620. The van der Waals surface area contributed by atoms with Gasteiger partial charge in [-0.1, -0.05) is 15.9 Å². The highest BCUT2D eigenvalue weighted by molar-refractivity contribution is 9.10. The number of carbonyl (C=O) groups is 1. The second kappa shape index (κ2) is 8.59. The van der Waals surface area contributed by atoms with Crippen LogP contribution < -0.4 is 9.80 Å². The lowest BCUT2D eigenvalue weighted by Crippen LogP contribution is -2.49. The minimum atomic E-state index is -0.559. The molecule has 0 aromatic heterocycles. The van der Waals surface area contributed by atoms with E-state index in [1.165, 1.54) is 0 Å². The maximum atomic E-state index is 14.6. The normalized spacial score (nSPS) is 16.8. The van der Waals surface area contributed by atoms with Gasteiger partial charge in [-0.05, 0) is 43.2 Å². The van der Waals surface area contributed by atoms with Crippen molar-refractivity contribution in [2.45, 2.75) is 12.8 Å². The van der Waals surface area contributed by atoms with Crippen molar-refractivity contribution in [3.63, 3.8) is 0 Å². The van der Waals surface area contributed by atoms with Crippen molar-refractivity contribution in [2.24, 2.45) is 0 Å². The second-order valence-corrected chi connectivity index (χ2v) is 8.45. The molecule has 158 valence electrons. The van der Waals surface area contributed by atoms with E-state index >= 15 is 0 Å². The van der Waals surface area contributed by atoms with Crippen molar-refractivity contribution in [2.75, 3.05) is 49.1 Å². The zero-order valence-corrected chi connectivity index (χ0v) is 18.0. The van der Waals surface area contributed by atoms with E-state index in [0.717, 1.165) is 36.5 Å². The van der Waals surface area contributed by atoms with E-state index in [1.807, 2.05) is 21.9 Å². The van der Waals surface area contributed by atoms with Crippen LogP contribution in [0.4, 0.5) is 21.5 Å². The minimum Gasteiger partial charge on any atom is -0.369 e. The van der Waals surface area contributed by atoms with Gasteiger partial charge >= 0.3 is 0 Å². The highest BCUT2D eigenvalue weighted by atomic mass is 79.9. The van der Waals surface area contributed by atoms with E-state index < -0.39 is 10.7 Å². The van der Waals surface area contributed by atoms with E-state index in [1.54, 1.807) is 23.1 Å². The number of carbonyl (C=O) groups excluding carboxylic acids is 1. The Morgan fingerprint density at radius 2 is 1.53 bits per heavy atom. The van der Waals surface area contributed by atoms with Crippen molar-refractivity contribution in [1.29, 1.82) is 0 Å². The number of nitro groups is 1. The zero-order chi connectivity index (χ0) is 21.3. The third-order valence-corrected chi connectivity index (χ3v) is 6.21. The number of hydrogen-bond acceptors (Lipinski definition) is 5. The second-order valence-electron chi connectivity index (χ2n) is 7.53. The minimum absolute atomic E-state index is 0.0616. The molecule has 2 aliphatic rings. The molecule has 0 spiro atoms. The number of nitro benzene ring substituents is 1. The van der Waals surface area contributed by atoms with Gasteiger partial charge in [-0.15, -0.1) is 0 Å². The molecule has 2 aromatic rings. The Balaban J connectivity index is 1.53. The molecule has 30 heavy (non-hydrogen) atoms. The standard InChI is InChI=1S/C21H22BrFN4O3/c22-16-5-3-15(4-6-16)21(28)26-11-9-25(10-12-26)19-14-18(24-7-1-2-8-24)17(23)13-20(19)27(29)30/h3-6,13-14H,1-2,7-12H2. The Bertz CT molecular complexity index is 955. The summed E-state index contributed by atoms with van der Waals surface area (Å²) in [4.78, 5) is 29.3. The van der Waals surface area contributed by atoms with Gasteiger partial charge in [-0.2, -0.15) is 0 Å². The lowest BCUT2D eigenvalue weighted by molar-refractivity contribution is -0.384. The van der Waals surface area contributed by atoms with Gasteiger partial charge in [0.1, 0.15) is 5.69 Å². The topological polar surface area (TPSA) is 69.9 Å². The molecule has 0 N–H and O–H groups in total. The van der Waals surface area contributed by atoms with E-state index in [-0.39, 0.29) is 11.6 Å². The van der Waals surface area contributed by atoms with Crippen molar-refractivity contribution in [3.05, 3.63) is 62.4 Å². The van der Waals surface area contributed by atoms with E-state index in [2.05, 4.69) is 15.9 Å². The summed E-state index contributed by atoms with van der Waals surface area (Å²) < 4.78 is 15.5. The molecule has 2 aliphatic heterocycles. The number of piperazine rings is 1. The first kappa shape index (κ1) is 20.6. The van der Waals surface area contributed by atoms with Crippen molar-refractivity contribution < 1.29 is 14.1 Å². The van der Waals surface area contributed by atoms with Crippen LogP contribution in [0.5, 0.6) is 0 Å². The molecule has 2 fully saturated rings. The van der Waals surface area contributed by atoms with Crippen LogP contribution in [0.15, 0.2) is 40.9 Å². The first-order valence-corrected chi connectivity index (χ1v) is 10.8. The molecule has 0 saturated carbocycles. The summed E-state index contributed by atoms with van der Waals surface area (Å²) in [6.07, 6.45) is 1.98. The van der Waals surface area contributed by atoms with E-state index in [0.29, 0.717) is 43.1 Å². The van der Waals surface area contributed by atoms with Crippen LogP contribution in [0.3, 0.4) is 0 Å². The van der Waals surface area contributed by atoms with Gasteiger partial charge in [-0.3, -0.25) is 14.9 Å². The van der Waals surface area contributed by atoms with Gasteiger partial charge in [0.15, 0.2) is 5.82 Å². The van der Waals surface area contributed by atoms with Crippen molar-refractivity contribution >= 4 is 38.9 Å². The molecule has 1 amide bonds. The van der Waals surface area contributed by atoms with E-state index in [9.17, 15) is 19.3 Å². The average molecular weight is 477 g/mol. The van der Waals surface area contributed by atoms with Gasteiger partial charge in [0.2, 0.25) is 0 Å². The highest BCUT2D eigenvalue weighted by Gasteiger charge is 2.29. The maximum absolute atomic E-state index is 14.6. The van der Waals surface area contributed by atoms with Gasteiger partial charge in [0.25, 0.3) is 11.6 Å². The molecular formula is C21H22BrFN4O3. The van der Waals surface area contributed by atoms with Crippen LogP contribution in [0.1, 0.15) is 23.2 Å². The van der Waals surface area contributed by atoms with Crippen LogP contribution >= 0.6 is 15.9 Å².